The van der Waals surface area contributed by atoms with E-state index in [4.69, 9.17) is 10.5 Å². The number of ether oxygens (including phenoxy) is 1. The molecule has 1 aliphatic carbocycles. The zero-order valence-electron chi connectivity index (χ0n) is 14.1. The molecule has 3 N–H and O–H groups in total. The summed E-state index contributed by atoms with van der Waals surface area (Å²) in [7, 11) is 0. The molecule has 1 amide bonds. The summed E-state index contributed by atoms with van der Waals surface area (Å²) in [6.45, 7) is 2.01. The Balaban J connectivity index is 0.00000156. The zero-order chi connectivity index (χ0) is 16.2. The molecule has 142 valence electrons. The summed E-state index contributed by atoms with van der Waals surface area (Å²) in [6.07, 6.45) is 6.02. The van der Waals surface area contributed by atoms with Gasteiger partial charge in [-0.1, -0.05) is 6.07 Å². The van der Waals surface area contributed by atoms with E-state index in [2.05, 4.69) is 4.98 Å². The second-order valence-corrected chi connectivity index (χ2v) is 6.60. The molecule has 1 aromatic heterocycles. The van der Waals surface area contributed by atoms with Crippen molar-refractivity contribution >= 4 is 30.7 Å². The molecule has 0 aromatic carbocycles. The number of hydrogen-bond donors (Lipinski definition) is 2. The van der Waals surface area contributed by atoms with Gasteiger partial charge >= 0.3 is 0 Å². The number of halogens is 2. The van der Waals surface area contributed by atoms with Gasteiger partial charge in [-0.25, -0.2) is 0 Å². The minimum Gasteiger partial charge on any atom is -0.391 e. The van der Waals surface area contributed by atoms with Gasteiger partial charge in [0.2, 0.25) is 5.91 Å². The molecule has 25 heavy (non-hydrogen) atoms. The SMILES string of the molecule is Cl.Cl.N[C@@H]1C[C@H](C(=O)N2CCC(OCc3cccnc3)CC2)C[C@H]1O. The van der Waals surface area contributed by atoms with Crippen LogP contribution in [0.25, 0.3) is 0 Å². The van der Waals surface area contributed by atoms with Gasteiger partial charge < -0.3 is 20.5 Å². The average molecular weight is 392 g/mol. The Morgan fingerprint density at radius 3 is 2.60 bits per heavy atom. The minimum absolute atomic E-state index is 0. The Morgan fingerprint density at radius 1 is 1.32 bits per heavy atom. The first kappa shape index (κ1) is 22.1. The van der Waals surface area contributed by atoms with E-state index in [1.54, 1.807) is 6.20 Å². The van der Waals surface area contributed by atoms with Gasteiger partial charge in [0.25, 0.3) is 0 Å². The summed E-state index contributed by atoms with van der Waals surface area (Å²) in [6, 6.07) is 3.64. The van der Waals surface area contributed by atoms with Crippen molar-refractivity contribution < 1.29 is 14.6 Å². The van der Waals surface area contributed by atoms with Gasteiger partial charge in [0, 0.05) is 37.4 Å². The molecule has 1 saturated heterocycles. The van der Waals surface area contributed by atoms with E-state index in [1.807, 2.05) is 23.2 Å². The Morgan fingerprint density at radius 2 is 2.04 bits per heavy atom. The molecule has 2 heterocycles. The maximum atomic E-state index is 12.5. The number of aliphatic hydroxyl groups excluding tert-OH is 1. The Kier molecular flexibility index (Phi) is 9.10. The van der Waals surface area contributed by atoms with Crippen LogP contribution in [-0.4, -0.2) is 52.2 Å². The van der Waals surface area contributed by atoms with Crippen LogP contribution in [0, 0.1) is 5.92 Å². The lowest BCUT2D eigenvalue weighted by molar-refractivity contribution is -0.138. The van der Waals surface area contributed by atoms with Crippen molar-refractivity contribution in [2.24, 2.45) is 11.7 Å². The van der Waals surface area contributed by atoms with E-state index in [-0.39, 0.29) is 48.8 Å². The Labute approximate surface area is 160 Å². The van der Waals surface area contributed by atoms with Crippen molar-refractivity contribution in [2.45, 2.75) is 50.5 Å². The molecule has 0 spiro atoms. The number of nitrogens with zero attached hydrogens (tertiary/aromatic N) is 2. The number of piperidine rings is 1. The molecular formula is C17H27Cl2N3O3. The number of carbonyl (C=O) groups is 1. The van der Waals surface area contributed by atoms with Gasteiger partial charge in [-0.2, -0.15) is 0 Å². The average Bonchev–Trinajstić information content (AvgIpc) is 2.93. The van der Waals surface area contributed by atoms with Crippen molar-refractivity contribution in [3.63, 3.8) is 0 Å². The van der Waals surface area contributed by atoms with Crippen LogP contribution in [0.15, 0.2) is 24.5 Å². The smallest absolute Gasteiger partial charge is 0.225 e. The summed E-state index contributed by atoms with van der Waals surface area (Å²) in [5.41, 5.74) is 6.88. The van der Waals surface area contributed by atoms with E-state index < -0.39 is 6.10 Å². The van der Waals surface area contributed by atoms with Gasteiger partial charge in [0.05, 0.1) is 18.8 Å². The molecule has 3 atom stereocenters. The number of hydrogen-bond acceptors (Lipinski definition) is 5. The fourth-order valence-electron chi connectivity index (χ4n) is 3.45. The molecule has 6 nitrogen and oxygen atoms in total. The van der Waals surface area contributed by atoms with E-state index >= 15 is 0 Å². The molecule has 0 radical (unpaired) electrons. The molecular weight excluding hydrogens is 365 g/mol. The highest BCUT2D eigenvalue weighted by atomic mass is 35.5. The van der Waals surface area contributed by atoms with Crippen molar-refractivity contribution in [3.8, 4) is 0 Å². The first-order valence-electron chi connectivity index (χ1n) is 8.36. The lowest BCUT2D eigenvalue weighted by atomic mass is 10.0. The van der Waals surface area contributed by atoms with E-state index in [0.29, 0.717) is 19.4 Å². The van der Waals surface area contributed by atoms with Crippen molar-refractivity contribution in [3.05, 3.63) is 30.1 Å². The monoisotopic (exact) mass is 391 g/mol. The maximum absolute atomic E-state index is 12.5. The second kappa shape index (κ2) is 10.3. The lowest BCUT2D eigenvalue weighted by Crippen LogP contribution is -2.43. The number of aromatic nitrogens is 1. The summed E-state index contributed by atoms with van der Waals surface area (Å²) >= 11 is 0. The van der Waals surface area contributed by atoms with Crippen LogP contribution in [0.3, 0.4) is 0 Å². The first-order chi connectivity index (χ1) is 11.1. The normalized spacial score (nSPS) is 26.6. The largest absolute Gasteiger partial charge is 0.391 e. The minimum atomic E-state index is -0.538. The molecule has 0 unspecified atom stereocenters. The predicted molar refractivity (Wildman–Crippen MR) is 99.8 cm³/mol. The molecule has 2 fully saturated rings. The number of carbonyl (C=O) groups excluding carboxylic acids is 1. The highest BCUT2D eigenvalue weighted by molar-refractivity contribution is 5.85. The fraction of sp³-hybridized carbons (Fsp3) is 0.647. The van der Waals surface area contributed by atoms with Gasteiger partial charge in [-0.3, -0.25) is 9.78 Å². The third kappa shape index (κ3) is 5.79. The molecule has 2 aliphatic rings. The highest BCUT2D eigenvalue weighted by Gasteiger charge is 2.37. The molecule has 3 rings (SSSR count). The summed E-state index contributed by atoms with van der Waals surface area (Å²) in [4.78, 5) is 18.5. The summed E-state index contributed by atoms with van der Waals surface area (Å²) < 4.78 is 5.92. The van der Waals surface area contributed by atoms with Crippen LogP contribution >= 0.6 is 24.8 Å². The van der Waals surface area contributed by atoms with Gasteiger partial charge in [0.1, 0.15) is 0 Å². The van der Waals surface area contributed by atoms with Crippen LogP contribution in [0.5, 0.6) is 0 Å². The fourth-order valence-corrected chi connectivity index (χ4v) is 3.45. The van der Waals surface area contributed by atoms with Crippen LogP contribution in [0.2, 0.25) is 0 Å². The molecule has 8 heteroatoms. The second-order valence-electron chi connectivity index (χ2n) is 6.60. The third-order valence-corrected chi connectivity index (χ3v) is 4.89. The highest BCUT2D eigenvalue weighted by Crippen LogP contribution is 2.28. The standard InChI is InChI=1S/C17H25N3O3.2ClH/c18-15-8-13(9-16(15)21)17(22)20-6-3-14(4-7-20)23-11-12-2-1-5-19-10-12;;/h1-2,5,10,13-16,21H,3-4,6-9,11,18H2;2*1H/t13-,15+,16+;;/m0../s1. The molecule has 1 aliphatic heterocycles. The van der Waals surface area contributed by atoms with Gasteiger partial charge in [-0.15, -0.1) is 24.8 Å². The Hall–Kier alpha value is -0.920. The molecule has 1 saturated carbocycles. The van der Waals surface area contributed by atoms with Gasteiger partial charge in [0.15, 0.2) is 0 Å². The molecule has 1 aromatic rings. The van der Waals surface area contributed by atoms with Crippen LogP contribution in [0.4, 0.5) is 0 Å². The third-order valence-electron chi connectivity index (χ3n) is 4.89. The van der Waals surface area contributed by atoms with Crippen LogP contribution < -0.4 is 5.73 Å². The number of aliphatic hydroxyl groups is 1. The number of nitrogens with two attached hydrogens (primary N) is 1. The zero-order valence-corrected chi connectivity index (χ0v) is 15.8. The topological polar surface area (TPSA) is 88.7 Å². The quantitative estimate of drug-likeness (QED) is 0.812. The van der Waals surface area contributed by atoms with E-state index in [9.17, 15) is 9.90 Å². The number of amides is 1. The lowest BCUT2D eigenvalue weighted by Gasteiger charge is -2.33. The first-order valence-corrected chi connectivity index (χ1v) is 8.36. The number of rotatable bonds is 4. The molecule has 0 bridgehead atoms. The van der Waals surface area contributed by atoms with Crippen molar-refractivity contribution in [1.82, 2.24) is 9.88 Å². The van der Waals surface area contributed by atoms with E-state index in [1.165, 1.54) is 0 Å². The van der Waals surface area contributed by atoms with Crippen LogP contribution in [0.1, 0.15) is 31.2 Å². The van der Waals surface area contributed by atoms with Crippen molar-refractivity contribution in [1.29, 1.82) is 0 Å². The Bertz CT molecular complexity index is 517. The number of pyridine rings is 1. The van der Waals surface area contributed by atoms with E-state index in [0.717, 1.165) is 31.5 Å². The van der Waals surface area contributed by atoms with Crippen LogP contribution in [-0.2, 0) is 16.1 Å². The summed E-state index contributed by atoms with van der Waals surface area (Å²) in [5.74, 6) is 0.0237. The summed E-state index contributed by atoms with van der Waals surface area (Å²) in [5, 5.41) is 9.71. The van der Waals surface area contributed by atoms with Gasteiger partial charge in [-0.05, 0) is 37.3 Å². The predicted octanol–water partition coefficient (Wildman–Crippen LogP) is 1.53. The van der Waals surface area contributed by atoms with Crippen molar-refractivity contribution in [2.75, 3.05) is 13.1 Å². The number of likely N-dealkylation sites (tertiary alicyclic amines) is 1. The maximum Gasteiger partial charge on any atom is 0.225 e.